The molecule has 0 saturated carbocycles. The molecule has 0 aliphatic rings. The Hall–Kier alpha value is -0.570. The van der Waals surface area contributed by atoms with Gasteiger partial charge in [0.2, 0.25) is 5.91 Å². The van der Waals surface area contributed by atoms with E-state index in [4.69, 9.17) is 5.73 Å². The van der Waals surface area contributed by atoms with Crippen LogP contribution in [0.2, 0.25) is 0 Å². The van der Waals surface area contributed by atoms with E-state index in [9.17, 15) is 4.79 Å². The van der Waals surface area contributed by atoms with Crippen molar-refractivity contribution in [3.8, 4) is 0 Å². The number of rotatable bonds is 6. The van der Waals surface area contributed by atoms with Gasteiger partial charge in [0.1, 0.15) is 0 Å². The first-order valence-corrected chi connectivity index (χ1v) is 5.58. The molecule has 0 aliphatic carbocycles. The van der Waals surface area contributed by atoms with E-state index < -0.39 is 0 Å². The molecule has 3 unspecified atom stereocenters. The number of nitrogens with two attached hydrogens (primary N) is 1. The molecule has 3 heteroatoms. The lowest BCUT2D eigenvalue weighted by atomic mass is 10.0. The number of hydrogen-bond acceptors (Lipinski definition) is 2. The van der Waals surface area contributed by atoms with Crippen molar-refractivity contribution in [3.63, 3.8) is 0 Å². The zero-order valence-electron chi connectivity index (χ0n) is 9.84. The lowest BCUT2D eigenvalue weighted by Crippen LogP contribution is -2.43. The smallest absolute Gasteiger partial charge is 0.224 e. The normalized spacial score (nSPS) is 17.2. The summed E-state index contributed by atoms with van der Waals surface area (Å²) in [6.45, 7) is 7.96. The fourth-order valence-electron chi connectivity index (χ4n) is 1.30. The molecule has 3 N–H and O–H groups in total. The maximum Gasteiger partial charge on any atom is 0.224 e. The van der Waals surface area contributed by atoms with Gasteiger partial charge in [-0.15, -0.1) is 0 Å². The van der Waals surface area contributed by atoms with E-state index in [2.05, 4.69) is 19.2 Å². The maximum absolute atomic E-state index is 11.6. The Morgan fingerprint density at radius 2 is 1.93 bits per heavy atom. The van der Waals surface area contributed by atoms with Crippen molar-refractivity contribution in [2.75, 3.05) is 0 Å². The van der Waals surface area contributed by atoms with Crippen LogP contribution in [0.15, 0.2) is 0 Å². The molecule has 14 heavy (non-hydrogen) atoms. The Morgan fingerprint density at radius 1 is 1.36 bits per heavy atom. The molecule has 84 valence electrons. The molecule has 0 aromatic carbocycles. The molecule has 3 atom stereocenters. The lowest BCUT2D eigenvalue weighted by Gasteiger charge is -2.21. The highest BCUT2D eigenvalue weighted by Crippen LogP contribution is 2.05. The summed E-state index contributed by atoms with van der Waals surface area (Å²) in [4.78, 5) is 11.6. The van der Waals surface area contributed by atoms with Gasteiger partial charge in [0.05, 0.1) is 0 Å². The number of amides is 1. The molecule has 0 bridgehead atoms. The van der Waals surface area contributed by atoms with Crippen molar-refractivity contribution in [2.45, 2.75) is 59.0 Å². The molecule has 0 heterocycles. The van der Waals surface area contributed by atoms with Gasteiger partial charge in [0.25, 0.3) is 0 Å². The predicted molar refractivity (Wildman–Crippen MR) is 59.9 cm³/mol. The second-order valence-electron chi connectivity index (χ2n) is 4.05. The summed E-state index contributed by atoms with van der Waals surface area (Å²) in [7, 11) is 0. The van der Waals surface area contributed by atoms with Crippen LogP contribution in [-0.4, -0.2) is 18.0 Å². The van der Waals surface area contributed by atoms with Crippen LogP contribution in [0.25, 0.3) is 0 Å². The summed E-state index contributed by atoms with van der Waals surface area (Å²) in [5.41, 5.74) is 5.67. The van der Waals surface area contributed by atoms with Gasteiger partial charge in [0.15, 0.2) is 0 Å². The molecule has 0 fully saturated rings. The van der Waals surface area contributed by atoms with E-state index in [-0.39, 0.29) is 17.9 Å². The summed E-state index contributed by atoms with van der Waals surface area (Å²) in [6, 6.07) is 0.239. The summed E-state index contributed by atoms with van der Waals surface area (Å²) < 4.78 is 0. The first-order chi connectivity index (χ1) is 6.52. The van der Waals surface area contributed by atoms with E-state index in [1.165, 1.54) is 0 Å². The van der Waals surface area contributed by atoms with Crippen LogP contribution >= 0.6 is 0 Å². The summed E-state index contributed by atoms with van der Waals surface area (Å²) in [6.07, 6.45) is 3.14. The van der Waals surface area contributed by atoms with Crippen LogP contribution in [0.4, 0.5) is 0 Å². The molecule has 0 rings (SSSR count). The monoisotopic (exact) mass is 200 g/mol. The minimum absolute atomic E-state index is 0.0749. The Kier molecular flexibility index (Phi) is 6.54. The molecular formula is C11H24N2O. The first kappa shape index (κ1) is 13.4. The van der Waals surface area contributed by atoms with Crippen molar-refractivity contribution >= 4 is 5.91 Å². The zero-order chi connectivity index (χ0) is 11.1. The van der Waals surface area contributed by atoms with Gasteiger partial charge >= 0.3 is 0 Å². The van der Waals surface area contributed by atoms with Gasteiger partial charge in [-0.25, -0.2) is 0 Å². The van der Waals surface area contributed by atoms with Gasteiger partial charge in [0, 0.05) is 18.0 Å². The molecule has 0 spiro atoms. The first-order valence-electron chi connectivity index (χ1n) is 5.58. The lowest BCUT2D eigenvalue weighted by molar-refractivity contribution is -0.125. The Morgan fingerprint density at radius 3 is 2.29 bits per heavy atom. The SMILES string of the molecule is CCCC(CC)NC(=O)C(C)C(C)N. The molecule has 0 radical (unpaired) electrons. The van der Waals surface area contributed by atoms with Crippen LogP contribution in [0.1, 0.15) is 47.0 Å². The largest absolute Gasteiger partial charge is 0.353 e. The number of carbonyl (C=O) groups is 1. The molecule has 1 amide bonds. The van der Waals surface area contributed by atoms with E-state index in [0.717, 1.165) is 19.3 Å². The quantitative estimate of drug-likeness (QED) is 0.685. The van der Waals surface area contributed by atoms with Gasteiger partial charge < -0.3 is 11.1 Å². The minimum atomic E-state index is -0.0964. The summed E-state index contributed by atoms with van der Waals surface area (Å²) in [5, 5.41) is 3.03. The van der Waals surface area contributed by atoms with E-state index in [1.54, 1.807) is 0 Å². The fraction of sp³-hybridized carbons (Fsp3) is 0.909. The topological polar surface area (TPSA) is 55.1 Å². The Labute approximate surface area is 87.4 Å². The van der Waals surface area contributed by atoms with Crippen molar-refractivity contribution in [1.82, 2.24) is 5.32 Å². The van der Waals surface area contributed by atoms with Gasteiger partial charge in [-0.05, 0) is 19.8 Å². The average molecular weight is 200 g/mol. The Balaban J connectivity index is 4.01. The number of nitrogens with one attached hydrogen (secondary N) is 1. The van der Waals surface area contributed by atoms with Gasteiger partial charge in [-0.1, -0.05) is 27.2 Å². The van der Waals surface area contributed by atoms with Crippen LogP contribution in [0.5, 0.6) is 0 Å². The van der Waals surface area contributed by atoms with Crippen LogP contribution in [-0.2, 0) is 4.79 Å². The summed E-state index contributed by atoms with van der Waals surface area (Å²) in [5.74, 6) is -0.0128. The molecule has 0 aliphatic heterocycles. The maximum atomic E-state index is 11.6. The minimum Gasteiger partial charge on any atom is -0.353 e. The molecule has 0 aromatic heterocycles. The van der Waals surface area contributed by atoms with Gasteiger partial charge in [-0.2, -0.15) is 0 Å². The predicted octanol–water partition coefficient (Wildman–Crippen LogP) is 1.66. The van der Waals surface area contributed by atoms with Crippen molar-refractivity contribution in [2.24, 2.45) is 11.7 Å². The highest BCUT2D eigenvalue weighted by Gasteiger charge is 2.19. The van der Waals surface area contributed by atoms with E-state index in [0.29, 0.717) is 6.04 Å². The number of carbonyl (C=O) groups excluding carboxylic acids is 1. The third-order valence-electron chi connectivity index (χ3n) is 2.68. The molecule has 3 nitrogen and oxygen atoms in total. The molecule has 0 aromatic rings. The highest BCUT2D eigenvalue weighted by atomic mass is 16.1. The van der Waals surface area contributed by atoms with Crippen LogP contribution < -0.4 is 11.1 Å². The third-order valence-corrected chi connectivity index (χ3v) is 2.68. The average Bonchev–Trinajstić information content (AvgIpc) is 2.15. The van der Waals surface area contributed by atoms with E-state index in [1.807, 2.05) is 13.8 Å². The third kappa shape index (κ3) is 4.61. The van der Waals surface area contributed by atoms with Crippen LogP contribution in [0.3, 0.4) is 0 Å². The second-order valence-corrected chi connectivity index (χ2v) is 4.05. The van der Waals surface area contributed by atoms with Gasteiger partial charge in [-0.3, -0.25) is 4.79 Å². The number of hydrogen-bond donors (Lipinski definition) is 2. The molecule has 0 saturated heterocycles. The highest BCUT2D eigenvalue weighted by molar-refractivity contribution is 5.79. The van der Waals surface area contributed by atoms with Crippen molar-refractivity contribution in [1.29, 1.82) is 0 Å². The summed E-state index contributed by atoms with van der Waals surface area (Å²) >= 11 is 0. The standard InChI is InChI=1S/C11H24N2O/c1-5-7-10(6-2)13-11(14)8(3)9(4)12/h8-10H,5-7,12H2,1-4H3,(H,13,14). The Bertz CT molecular complexity index is 169. The fourth-order valence-corrected chi connectivity index (χ4v) is 1.30. The van der Waals surface area contributed by atoms with Crippen molar-refractivity contribution in [3.05, 3.63) is 0 Å². The zero-order valence-corrected chi connectivity index (χ0v) is 9.84. The van der Waals surface area contributed by atoms with Crippen LogP contribution in [0, 0.1) is 5.92 Å². The van der Waals surface area contributed by atoms with E-state index >= 15 is 0 Å². The molecular weight excluding hydrogens is 176 g/mol. The van der Waals surface area contributed by atoms with Crippen molar-refractivity contribution < 1.29 is 4.79 Å². The second kappa shape index (κ2) is 6.82.